The lowest BCUT2D eigenvalue weighted by atomic mass is 9.91. The highest BCUT2D eigenvalue weighted by Crippen LogP contribution is 2.28. The molecule has 20 heavy (non-hydrogen) atoms. The highest BCUT2D eigenvalue weighted by Gasteiger charge is 2.33. The zero-order valence-electron chi connectivity index (χ0n) is 10.9. The predicted molar refractivity (Wildman–Crippen MR) is 83.1 cm³/mol. The monoisotopic (exact) mass is 308 g/mol. The zero-order chi connectivity index (χ0) is 14.8. The van der Waals surface area contributed by atoms with Gasteiger partial charge in [0.1, 0.15) is 5.54 Å². The molecule has 5 heteroatoms. The molecule has 0 aliphatic heterocycles. The Hall–Kier alpha value is -1.71. The van der Waals surface area contributed by atoms with E-state index in [1.165, 1.54) is 0 Å². The first-order chi connectivity index (χ1) is 9.41. The number of carbonyl (C=O) groups is 1. The number of nitrogens with one attached hydrogen (secondary N) is 1. The molecular formula is C15H14Cl2N2O. The lowest BCUT2D eigenvalue weighted by molar-refractivity contribution is -0.122. The second kappa shape index (κ2) is 5.73. The molecule has 1 atom stereocenters. The number of amides is 1. The lowest BCUT2D eigenvalue weighted by Gasteiger charge is -2.29. The van der Waals surface area contributed by atoms with Crippen molar-refractivity contribution < 1.29 is 4.79 Å². The minimum absolute atomic E-state index is 0.500. The van der Waals surface area contributed by atoms with Gasteiger partial charge < -0.3 is 11.1 Å². The summed E-state index contributed by atoms with van der Waals surface area (Å²) >= 11 is 11.9. The van der Waals surface area contributed by atoms with Crippen molar-refractivity contribution in [2.24, 2.45) is 5.73 Å². The molecule has 2 rings (SSSR count). The molecule has 0 fully saturated rings. The standard InChI is InChI=1S/C15H14Cl2N2O/c1-15(14(18)20,10-4-2-5-11(16)8-10)19-13-7-3-6-12(17)9-13/h2-9,19H,1H3,(H2,18,20). The van der Waals surface area contributed by atoms with Gasteiger partial charge in [0.2, 0.25) is 5.91 Å². The Bertz CT molecular complexity index is 645. The summed E-state index contributed by atoms with van der Waals surface area (Å²) in [6, 6.07) is 14.1. The molecule has 1 unspecified atom stereocenters. The van der Waals surface area contributed by atoms with Crippen molar-refractivity contribution in [3.05, 3.63) is 64.1 Å². The van der Waals surface area contributed by atoms with Crippen LogP contribution in [0, 0.1) is 0 Å². The number of carbonyl (C=O) groups excluding carboxylic acids is 1. The van der Waals surface area contributed by atoms with Gasteiger partial charge in [-0.15, -0.1) is 0 Å². The van der Waals surface area contributed by atoms with Crippen LogP contribution in [0.25, 0.3) is 0 Å². The number of rotatable bonds is 4. The average Bonchev–Trinajstić information content (AvgIpc) is 2.38. The van der Waals surface area contributed by atoms with Crippen molar-refractivity contribution >= 4 is 34.8 Å². The molecule has 0 radical (unpaired) electrons. The topological polar surface area (TPSA) is 55.1 Å². The molecule has 104 valence electrons. The van der Waals surface area contributed by atoms with Crippen molar-refractivity contribution in [3.8, 4) is 0 Å². The van der Waals surface area contributed by atoms with E-state index >= 15 is 0 Å². The van der Waals surface area contributed by atoms with Crippen molar-refractivity contribution in [1.29, 1.82) is 0 Å². The van der Waals surface area contributed by atoms with E-state index < -0.39 is 11.4 Å². The predicted octanol–water partition coefficient (Wildman–Crippen LogP) is 3.81. The fourth-order valence-electron chi connectivity index (χ4n) is 1.93. The minimum Gasteiger partial charge on any atom is -0.368 e. The zero-order valence-corrected chi connectivity index (χ0v) is 12.4. The van der Waals surface area contributed by atoms with Crippen LogP contribution in [0.2, 0.25) is 10.0 Å². The van der Waals surface area contributed by atoms with E-state index in [0.29, 0.717) is 21.3 Å². The lowest BCUT2D eigenvalue weighted by Crippen LogP contribution is -2.45. The van der Waals surface area contributed by atoms with Crippen molar-refractivity contribution in [3.63, 3.8) is 0 Å². The molecule has 0 aromatic heterocycles. The Balaban J connectivity index is 2.42. The van der Waals surface area contributed by atoms with Crippen LogP contribution in [0.5, 0.6) is 0 Å². The molecule has 0 bridgehead atoms. The molecule has 2 aromatic rings. The fourth-order valence-corrected chi connectivity index (χ4v) is 2.31. The van der Waals surface area contributed by atoms with E-state index in [1.807, 2.05) is 6.07 Å². The van der Waals surface area contributed by atoms with Crippen LogP contribution in [-0.2, 0) is 10.3 Å². The van der Waals surface area contributed by atoms with Gasteiger partial charge in [-0.1, -0.05) is 41.4 Å². The van der Waals surface area contributed by atoms with Gasteiger partial charge in [0.05, 0.1) is 0 Å². The van der Waals surface area contributed by atoms with Crippen LogP contribution in [0.1, 0.15) is 12.5 Å². The van der Waals surface area contributed by atoms with Gasteiger partial charge in [-0.25, -0.2) is 0 Å². The maximum Gasteiger partial charge on any atom is 0.247 e. The summed E-state index contributed by atoms with van der Waals surface area (Å²) in [6.45, 7) is 1.71. The molecule has 3 N–H and O–H groups in total. The average molecular weight is 309 g/mol. The van der Waals surface area contributed by atoms with Crippen LogP contribution in [0.3, 0.4) is 0 Å². The van der Waals surface area contributed by atoms with Gasteiger partial charge >= 0.3 is 0 Å². The first-order valence-corrected chi connectivity index (χ1v) is 6.77. The van der Waals surface area contributed by atoms with Gasteiger partial charge in [0.25, 0.3) is 0 Å². The highest BCUT2D eigenvalue weighted by molar-refractivity contribution is 6.31. The van der Waals surface area contributed by atoms with Crippen LogP contribution < -0.4 is 11.1 Å². The van der Waals surface area contributed by atoms with E-state index in [2.05, 4.69) is 5.32 Å². The Morgan fingerprint density at radius 3 is 2.25 bits per heavy atom. The maximum absolute atomic E-state index is 11.9. The van der Waals surface area contributed by atoms with Crippen LogP contribution >= 0.6 is 23.2 Å². The Morgan fingerprint density at radius 1 is 1.10 bits per heavy atom. The summed E-state index contributed by atoms with van der Waals surface area (Å²) in [7, 11) is 0. The normalized spacial score (nSPS) is 13.6. The van der Waals surface area contributed by atoms with E-state index in [4.69, 9.17) is 28.9 Å². The van der Waals surface area contributed by atoms with E-state index in [9.17, 15) is 4.79 Å². The molecule has 0 saturated heterocycles. The molecule has 2 aromatic carbocycles. The quantitative estimate of drug-likeness (QED) is 0.902. The Morgan fingerprint density at radius 2 is 1.70 bits per heavy atom. The number of primary amides is 1. The molecule has 3 nitrogen and oxygen atoms in total. The van der Waals surface area contributed by atoms with Crippen molar-refractivity contribution in [1.82, 2.24) is 0 Å². The number of hydrogen-bond donors (Lipinski definition) is 2. The second-order valence-electron chi connectivity index (χ2n) is 4.63. The summed E-state index contributed by atoms with van der Waals surface area (Å²) in [5.41, 5.74) is 5.89. The van der Waals surface area contributed by atoms with Gasteiger partial charge in [0.15, 0.2) is 0 Å². The fraction of sp³-hybridized carbons (Fsp3) is 0.133. The van der Waals surface area contributed by atoms with Gasteiger partial charge in [-0.05, 0) is 42.8 Å². The third-order valence-corrected chi connectivity index (χ3v) is 3.58. The SMILES string of the molecule is CC(Nc1cccc(Cl)c1)(C(N)=O)c1cccc(Cl)c1. The van der Waals surface area contributed by atoms with E-state index in [1.54, 1.807) is 49.4 Å². The minimum atomic E-state index is -1.07. The molecule has 1 amide bonds. The van der Waals surface area contributed by atoms with Crippen molar-refractivity contribution in [2.45, 2.75) is 12.5 Å². The Kier molecular flexibility index (Phi) is 4.21. The van der Waals surface area contributed by atoms with Gasteiger partial charge in [-0.3, -0.25) is 4.79 Å². The Labute approximate surface area is 127 Å². The third kappa shape index (κ3) is 3.06. The number of hydrogen-bond acceptors (Lipinski definition) is 2. The summed E-state index contributed by atoms with van der Waals surface area (Å²) in [5.74, 6) is -0.500. The largest absolute Gasteiger partial charge is 0.368 e. The van der Waals surface area contributed by atoms with Crippen LogP contribution in [0.4, 0.5) is 5.69 Å². The van der Waals surface area contributed by atoms with Crippen LogP contribution in [-0.4, -0.2) is 5.91 Å². The second-order valence-corrected chi connectivity index (χ2v) is 5.51. The third-order valence-electron chi connectivity index (χ3n) is 3.11. The van der Waals surface area contributed by atoms with Gasteiger partial charge in [-0.2, -0.15) is 0 Å². The summed E-state index contributed by atoms with van der Waals surface area (Å²) < 4.78 is 0. The number of anilines is 1. The number of halogens is 2. The van der Waals surface area contributed by atoms with Crippen LogP contribution in [0.15, 0.2) is 48.5 Å². The molecule has 0 aliphatic carbocycles. The molecular weight excluding hydrogens is 295 g/mol. The summed E-state index contributed by atoms with van der Waals surface area (Å²) in [4.78, 5) is 11.9. The summed E-state index contributed by atoms with van der Waals surface area (Å²) in [6.07, 6.45) is 0. The van der Waals surface area contributed by atoms with E-state index in [0.717, 1.165) is 0 Å². The van der Waals surface area contributed by atoms with E-state index in [-0.39, 0.29) is 0 Å². The number of nitrogens with two attached hydrogens (primary N) is 1. The summed E-state index contributed by atoms with van der Waals surface area (Å²) in [5, 5.41) is 4.24. The maximum atomic E-state index is 11.9. The first-order valence-electron chi connectivity index (χ1n) is 6.01. The van der Waals surface area contributed by atoms with Gasteiger partial charge in [0, 0.05) is 15.7 Å². The number of benzene rings is 2. The molecule has 0 aliphatic rings. The highest BCUT2D eigenvalue weighted by atomic mass is 35.5. The first kappa shape index (κ1) is 14.7. The molecule has 0 heterocycles. The van der Waals surface area contributed by atoms with Crippen molar-refractivity contribution in [2.75, 3.05) is 5.32 Å². The smallest absolute Gasteiger partial charge is 0.247 e. The molecule has 0 saturated carbocycles. The molecule has 0 spiro atoms.